The molecule has 7 heteroatoms. The fraction of sp³-hybridized carbons (Fsp3) is 0.231. The van der Waals surface area contributed by atoms with Crippen molar-refractivity contribution in [3.8, 4) is 0 Å². The molecule has 0 spiro atoms. The molecule has 0 amide bonds. The maximum Gasteiger partial charge on any atom is 0.416 e. The first-order valence-electron chi connectivity index (χ1n) is 5.86. The first-order valence-corrected chi connectivity index (χ1v) is 5.86. The van der Waals surface area contributed by atoms with Crippen molar-refractivity contribution in [2.75, 3.05) is 17.7 Å². The van der Waals surface area contributed by atoms with Gasteiger partial charge in [0.2, 0.25) is 5.95 Å². The van der Waals surface area contributed by atoms with Crippen molar-refractivity contribution in [2.45, 2.75) is 13.1 Å². The Morgan fingerprint density at radius 3 is 2.55 bits per heavy atom. The molecule has 0 saturated heterocycles. The predicted molar refractivity (Wildman–Crippen MR) is 71.0 cm³/mol. The average molecular weight is 282 g/mol. The molecule has 106 valence electrons. The summed E-state index contributed by atoms with van der Waals surface area (Å²) in [7, 11) is 1.66. The van der Waals surface area contributed by atoms with Crippen molar-refractivity contribution < 1.29 is 13.2 Å². The van der Waals surface area contributed by atoms with Gasteiger partial charge in [0.1, 0.15) is 5.82 Å². The number of nitrogens with one attached hydrogen (secondary N) is 2. The number of aryl methyl sites for hydroxylation is 1. The normalized spacial score (nSPS) is 11.2. The predicted octanol–water partition coefficient (Wildman–Crippen LogP) is 3.59. The van der Waals surface area contributed by atoms with Gasteiger partial charge in [-0.3, -0.25) is 0 Å². The fourth-order valence-electron chi connectivity index (χ4n) is 1.70. The van der Waals surface area contributed by atoms with Crippen LogP contribution in [0.4, 0.5) is 30.6 Å². The van der Waals surface area contributed by atoms with Crippen LogP contribution in [0.5, 0.6) is 0 Å². The summed E-state index contributed by atoms with van der Waals surface area (Å²) in [5.41, 5.74) is -0.157. The summed E-state index contributed by atoms with van der Waals surface area (Å²) >= 11 is 0. The number of alkyl halides is 3. The Morgan fingerprint density at radius 1 is 1.15 bits per heavy atom. The van der Waals surface area contributed by atoms with E-state index in [1.807, 2.05) is 0 Å². The van der Waals surface area contributed by atoms with Gasteiger partial charge in [-0.25, -0.2) is 4.98 Å². The molecule has 1 heterocycles. The third-order valence-corrected chi connectivity index (χ3v) is 2.69. The lowest BCUT2D eigenvalue weighted by Gasteiger charge is -2.13. The van der Waals surface area contributed by atoms with Gasteiger partial charge in [-0.1, -0.05) is 6.07 Å². The minimum Gasteiger partial charge on any atom is -0.357 e. The molecule has 1 aromatic carbocycles. The molecule has 0 aliphatic carbocycles. The van der Waals surface area contributed by atoms with Crippen LogP contribution >= 0.6 is 0 Å². The van der Waals surface area contributed by atoms with Crippen molar-refractivity contribution in [1.29, 1.82) is 0 Å². The smallest absolute Gasteiger partial charge is 0.357 e. The fourth-order valence-corrected chi connectivity index (χ4v) is 1.70. The number of aromatic nitrogens is 2. The number of hydrogen-bond acceptors (Lipinski definition) is 4. The minimum atomic E-state index is -4.37. The van der Waals surface area contributed by atoms with E-state index in [0.717, 1.165) is 6.07 Å². The lowest BCUT2D eigenvalue weighted by atomic mass is 10.1. The van der Waals surface area contributed by atoms with Crippen LogP contribution in [0.1, 0.15) is 11.1 Å². The maximum atomic E-state index is 12.8. The van der Waals surface area contributed by atoms with Crippen LogP contribution in [0.15, 0.2) is 30.5 Å². The summed E-state index contributed by atoms with van der Waals surface area (Å²) in [5, 5.41) is 5.58. The number of anilines is 3. The van der Waals surface area contributed by atoms with Crippen molar-refractivity contribution in [3.05, 3.63) is 41.6 Å². The molecule has 0 aliphatic heterocycles. The zero-order chi connectivity index (χ0) is 14.8. The van der Waals surface area contributed by atoms with Gasteiger partial charge in [0.05, 0.1) is 5.56 Å². The van der Waals surface area contributed by atoms with Gasteiger partial charge < -0.3 is 10.6 Å². The van der Waals surface area contributed by atoms with Crippen molar-refractivity contribution in [2.24, 2.45) is 0 Å². The highest BCUT2D eigenvalue weighted by atomic mass is 19.4. The summed E-state index contributed by atoms with van der Waals surface area (Å²) < 4.78 is 38.5. The van der Waals surface area contributed by atoms with E-state index in [-0.39, 0.29) is 5.56 Å². The largest absolute Gasteiger partial charge is 0.416 e. The van der Waals surface area contributed by atoms with E-state index >= 15 is 0 Å². The van der Waals surface area contributed by atoms with Crippen molar-refractivity contribution in [3.63, 3.8) is 0 Å². The first-order chi connectivity index (χ1) is 9.40. The molecule has 20 heavy (non-hydrogen) atoms. The van der Waals surface area contributed by atoms with Crippen LogP contribution in [-0.4, -0.2) is 17.0 Å². The summed E-state index contributed by atoms with van der Waals surface area (Å²) in [6.07, 6.45) is -2.86. The first kappa shape index (κ1) is 14.1. The van der Waals surface area contributed by atoms with E-state index in [1.54, 1.807) is 19.2 Å². The number of nitrogens with zero attached hydrogens (tertiary/aromatic N) is 2. The van der Waals surface area contributed by atoms with Gasteiger partial charge in [0, 0.05) is 18.9 Å². The highest BCUT2D eigenvalue weighted by Crippen LogP contribution is 2.33. The quantitative estimate of drug-likeness (QED) is 0.903. The Bertz CT molecular complexity index is 611. The van der Waals surface area contributed by atoms with Gasteiger partial charge >= 0.3 is 6.18 Å². The van der Waals surface area contributed by atoms with Crippen LogP contribution in [0.2, 0.25) is 0 Å². The topological polar surface area (TPSA) is 49.8 Å². The van der Waals surface area contributed by atoms with Crippen LogP contribution in [0.25, 0.3) is 0 Å². The number of halogens is 3. The van der Waals surface area contributed by atoms with E-state index < -0.39 is 11.7 Å². The second-order valence-corrected chi connectivity index (χ2v) is 4.17. The third kappa shape index (κ3) is 3.17. The molecule has 1 aromatic heterocycles. The third-order valence-electron chi connectivity index (χ3n) is 2.69. The lowest BCUT2D eigenvalue weighted by molar-refractivity contribution is -0.138. The Balaban J connectivity index is 2.30. The van der Waals surface area contributed by atoms with Gasteiger partial charge in [0.25, 0.3) is 0 Å². The molecule has 2 N–H and O–H groups in total. The number of rotatable bonds is 3. The molecule has 0 bridgehead atoms. The molecule has 0 saturated carbocycles. The molecule has 0 radical (unpaired) electrons. The SMILES string of the molecule is CNc1nccc(Nc2ccc(C)c(C(F)(F)F)c2)n1. The lowest BCUT2D eigenvalue weighted by Crippen LogP contribution is -2.08. The van der Waals surface area contributed by atoms with E-state index in [2.05, 4.69) is 20.6 Å². The molecule has 2 aromatic rings. The Labute approximate surface area is 114 Å². The van der Waals surface area contributed by atoms with Gasteiger partial charge in [-0.05, 0) is 30.7 Å². The average Bonchev–Trinajstić information content (AvgIpc) is 2.40. The molecule has 0 fully saturated rings. The summed E-state index contributed by atoms with van der Waals surface area (Å²) in [5.74, 6) is 0.805. The second-order valence-electron chi connectivity index (χ2n) is 4.17. The van der Waals surface area contributed by atoms with E-state index in [1.165, 1.54) is 19.2 Å². The van der Waals surface area contributed by atoms with Gasteiger partial charge in [-0.15, -0.1) is 0 Å². The Hall–Kier alpha value is -2.31. The van der Waals surface area contributed by atoms with E-state index in [9.17, 15) is 13.2 Å². The summed E-state index contributed by atoms with van der Waals surface area (Å²) in [6.45, 7) is 1.43. The van der Waals surface area contributed by atoms with Crippen molar-refractivity contribution >= 4 is 17.5 Å². The molecule has 0 atom stereocenters. The number of benzene rings is 1. The zero-order valence-electron chi connectivity index (χ0n) is 10.9. The number of hydrogen-bond donors (Lipinski definition) is 2. The zero-order valence-corrected chi connectivity index (χ0v) is 10.9. The van der Waals surface area contributed by atoms with E-state index in [4.69, 9.17) is 0 Å². The summed E-state index contributed by atoms with van der Waals surface area (Å²) in [4.78, 5) is 8.01. The molecule has 4 nitrogen and oxygen atoms in total. The maximum absolute atomic E-state index is 12.8. The Morgan fingerprint density at radius 2 is 1.90 bits per heavy atom. The monoisotopic (exact) mass is 282 g/mol. The Kier molecular flexibility index (Phi) is 3.78. The van der Waals surface area contributed by atoms with Crippen LogP contribution < -0.4 is 10.6 Å². The minimum absolute atomic E-state index is 0.182. The van der Waals surface area contributed by atoms with Gasteiger partial charge in [0.15, 0.2) is 0 Å². The molecule has 2 rings (SSSR count). The molecular formula is C13H13F3N4. The molecular weight excluding hydrogens is 269 g/mol. The van der Waals surface area contributed by atoms with Crippen LogP contribution in [0.3, 0.4) is 0 Å². The van der Waals surface area contributed by atoms with Crippen LogP contribution in [0, 0.1) is 6.92 Å². The molecule has 0 unspecified atom stereocenters. The standard InChI is InChI=1S/C13H13F3N4/c1-8-3-4-9(7-10(8)13(14,15)16)19-11-5-6-18-12(17-2)20-11/h3-7H,1-2H3,(H2,17,18,19,20). The highest BCUT2D eigenvalue weighted by Gasteiger charge is 2.32. The van der Waals surface area contributed by atoms with E-state index in [0.29, 0.717) is 17.5 Å². The highest BCUT2D eigenvalue weighted by molar-refractivity contribution is 5.59. The second kappa shape index (κ2) is 5.36. The summed E-state index contributed by atoms with van der Waals surface area (Å²) in [6, 6.07) is 5.64. The van der Waals surface area contributed by atoms with Crippen LogP contribution in [-0.2, 0) is 6.18 Å². The van der Waals surface area contributed by atoms with Crippen molar-refractivity contribution in [1.82, 2.24) is 9.97 Å². The molecule has 0 aliphatic rings. The van der Waals surface area contributed by atoms with Gasteiger partial charge in [-0.2, -0.15) is 18.2 Å².